The number of nitrogens with two attached hydrogens (primary N) is 1. The molecule has 2 aromatic heterocycles. The van der Waals surface area contributed by atoms with Crippen LogP contribution >= 0.6 is 0 Å². The molecule has 24 heavy (non-hydrogen) atoms. The van der Waals surface area contributed by atoms with Crippen LogP contribution in [0.15, 0.2) is 36.5 Å². The SMILES string of the molecule is CN(C)C1CCN(c2cccc(C(=O)c3cccnc3N)n2)CC1. The molecule has 0 radical (unpaired) electrons. The van der Waals surface area contributed by atoms with Gasteiger partial charge < -0.3 is 15.5 Å². The molecule has 1 aliphatic heterocycles. The molecule has 0 saturated carbocycles. The molecule has 1 saturated heterocycles. The Kier molecular flexibility index (Phi) is 4.76. The largest absolute Gasteiger partial charge is 0.383 e. The van der Waals surface area contributed by atoms with Crippen LogP contribution < -0.4 is 10.6 Å². The third-order valence-corrected chi connectivity index (χ3v) is 4.57. The fourth-order valence-electron chi connectivity index (χ4n) is 3.08. The molecule has 2 N–H and O–H groups in total. The van der Waals surface area contributed by atoms with Crippen LogP contribution in [0.1, 0.15) is 28.9 Å². The Morgan fingerprint density at radius 2 is 1.96 bits per heavy atom. The van der Waals surface area contributed by atoms with E-state index in [9.17, 15) is 4.79 Å². The van der Waals surface area contributed by atoms with Crippen LogP contribution in [0.2, 0.25) is 0 Å². The molecule has 6 heteroatoms. The molecular formula is C18H23N5O. The Balaban J connectivity index is 1.78. The van der Waals surface area contributed by atoms with Gasteiger partial charge in [0.1, 0.15) is 17.3 Å². The number of rotatable bonds is 4. The van der Waals surface area contributed by atoms with Crippen molar-refractivity contribution in [1.29, 1.82) is 0 Å². The molecule has 3 heterocycles. The number of ketones is 1. The van der Waals surface area contributed by atoms with Crippen LogP contribution in [0, 0.1) is 0 Å². The number of aromatic nitrogens is 2. The van der Waals surface area contributed by atoms with Gasteiger partial charge in [0.15, 0.2) is 0 Å². The van der Waals surface area contributed by atoms with Gasteiger partial charge in [0.25, 0.3) is 0 Å². The fourth-order valence-corrected chi connectivity index (χ4v) is 3.08. The Bertz CT molecular complexity index is 723. The molecular weight excluding hydrogens is 302 g/mol. The van der Waals surface area contributed by atoms with E-state index in [-0.39, 0.29) is 11.6 Å². The van der Waals surface area contributed by atoms with Crippen LogP contribution in [0.5, 0.6) is 0 Å². The van der Waals surface area contributed by atoms with Crippen molar-refractivity contribution >= 4 is 17.4 Å². The quantitative estimate of drug-likeness (QED) is 0.864. The number of carbonyl (C=O) groups excluding carboxylic acids is 1. The Labute approximate surface area is 142 Å². The van der Waals surface area contributed by atoms with Gasteiger partial charge in [-0.1, -0.05) is 6.07 Å². The van der Waals surface area contributed by atoms with E-state index < -0.39 is 0 Å². The first-order valence-electron chi connectivity index (χ1n) is 8.20. The van der Waals surface area contributed by atoms with Gasteiger partial charge in [0.2, 0.25) is 5.78 Å². The molecule has 0 spiro atoms. The van der Waals surface area contributed by atoms with Crippen molar-refractivity contribution in [3.8, 4) is 0 Å². The smallest absolute Gasteiger partial charge is 0.215 e. The Morgan fingerprint density at radius 3 is 2.62 bits per heavy atom. The minimum absolute atomic E-state index is 0.189. The third kappa shape index (κ3) is 3.38. The van der Waals surface area contributed by atoms with Crippen molar-refractivity contribution in [3.05, 3.63) is 47.8 Å². The summed E-state index contributed by atoms with van der Waals surface area (Å²) in [5.74, 6) is 0.896. The zero-order chi connectivity index (χ0) is 17.1. The molecule has 0 atom stereocenters. The van der Waals surface area contributed by atoms with E-state index in [1.54, 1.807) is 24.4 Å². The number of carbonyl (C=O) groups is 1. The first-order valence-corrected chi connectivity index (χ1v) is 8.20. The molecule has 2 aromatic rings. The zero-order valence-corrected chi connectivity index (χ0v) is 14.1. The summed E-state index contributed by atoms with van der Waals surface area (Å²) < 4.78 is 0. The maximum atomic E-state index is 12.6. The van der Waals surface area contributed by atoms with Crippen molar-refractivity contribution in [1.82, 2.24) is 14.9 Å². The number of anilines is 2. The van der Waals surface area contributed by atoms with Gasteiger partial charge in [-0.2, -0.15) is 0 Å². The van der Waals surface area contributed by atoms with Gasteiger partial charge >= 0.3 is 0 Å². The summed E-state index contributed by atoms with van der Waals surface area (Å²) in [6.45, 7) is 1.89. The van der Waals surface area contributed by atoms with E-state index in [4.69, 9.17) is 5.73 Å². The van der Waals surface area contributed by atoms with E-state index in [1.165, 1.54) is 0 Å². The minimum Gasteiger partial charge on any atom is -0.383 e. The van der Waals surface area contributed by atoms with Crippen LogP contribution in [0.25, 0.3) is 0 Å². The molecule has 0 amide bonds. The molecule has 0 unspecified atom stereocenters. The number of nitrogens with zero attached hydrogens (tertiary/aromatic N) is 4. The summed E-state index contributed by atoms with van der Waals surface area (Å²) >= 11 is 0. The second-order valence-electron chi connectivity index (χ2n) is 6.33. The maximum Gasteiger partial charge on any atom is 0.215 e. The number of nitrogen functional groups attached to an aromatic ring is 1. The van der Waals surface area contributed by atoms with E-state index in [1.807, 2.05) is 12.1 Å². The first-order chi connectivity index (χ1) is 11.6. The topological polar surface area (TPSA) is 75.3 Å². The van der Waals surface area contributed by atoms with E-state index in [0.717, 1.165) is 31.7 Å². The lowest BCUT2D eigenvalue weighted by molar-refractivity contribution is 0.103. The van der Waals surface area contributed by atoms with Gasteiger partial charge in [-0.15, -0.1) is 0 Å². The van der Waals surface area contributed by atoms with Gasteiger partial charge in [-0.3, -0.25) is 4.79 Å². The van der Waals surface area contributed by atoms with Crippen molar-refractivity contribution in [3.63, 3.8) is 0 Å². The average Bonchev–Trinajstić information content (AvgIpc) is 2.62. The Morgan fingerprint density at radius 1 is 1.21 bits per heavy atom. The summed E-state index contributed by atoms with van der Waals surface area (Å²) in [5, 5.41) is 0. The molecule has 6 nitrogen and oxygen atoms in total. The molecule has 126 valence electrons. The second kappa shape index (κ2) is 6.97. The molecule has 0 aliphatic carbocycles. The lowest BCUT2D eigenvalue weighted by atomic mass is 10.0. The van der Waals surface area contributed by atoms with Gasteiger partial charge in [0, 0.05) is 25.3 Å². The normalized spacial score (nSPS) is 15.7. The first kappa shape index (κ1) is 16.4. The molecule has 0 bridgehead atoms. The van der Waals surface area contributed by atoms with Crippen LogP contribution in [0.4, 0.5) is 11.6 Å². The van der Waals surface area contributed by atoms with Crippen molar-refractivity contribution in [2.45, 2.75) is 18.9 Å². The summed E-state index contributed by atoms with van der Waals surface area (Å²) in [5.41, 5.74) is 6.61. The van der Waals surface area contributed by atoms with Crippen LogP contribution in [-0.4, -0.2) is 53.9 Å². The van der Waals surface area contributed by atoms with Crippen molar-refractivity contribution in [2.24, 2.45) is 0 Å². The lowest BCUT2D eigenvalue weighted by Crippen LogP contribution is -2.42. The highest BCUT2D eigenvalue weighted by Gasteiger charge is 2.22. The van der Waals surface area contributed by atoms with Gasteiger partial charge in [-0.25, -0.2) is 9.97 Å². The van der Waals surface area contributed by atoms with E-state index >= 15 is 0 Å². The van der Waals surface area contributed by atoms with Crippen molar-refractivity contribution in [2.75, 3.05) is 37.8 Å². The zero-order valence-electron chi connectivity index (χ0n) is 14.1. The molecule has 3 rings (SSSR count). The highest BCUT2D eigenvalue weighted by atomic mass is 16.1. The third-order valence-electron chi connectivity index (χ3n) is 4.57. The predicted molar refractivity (Wildman–Crippen MR) is 95.2 cm³/mol. The van der Waals surface area contributed by atoms with E-state index in [2.05, 4.69) is 33.9 Å². The van der Waals surface area contributed by atoms with Crippen molar-refractivity contribution < 1.29 is 4.79 Å². The van der Waals surface area contributed by atoms with Crippen LogP contribution in [-0.2, 0) is 0 Å². The van der Waals surface area contributed by atoms with Crippen LogP contribution in [0.3, 0.4) is 0 Å². The number of pyridine rings is 2. The van der Waals surface area contributed by atoms with Gasteiger partial charge in [-0.05, 0) is 51.2 Å². The van der Waals surface area contributed by atoms with E-state index in [0.29, 0.717) is 17.3 Å². The highest BCUT2D eigenvalue weighted by Crippen LogP contribution is 2.21. The molecule has 1 fully saturated rings. The fraction of sp³-hybridized carbons (Fsp3) is 0.389. The standard InChI is InChI=1S/C18H23N5O/c1-22(2)13-8-11-23(12-9-13)16-7-3-6-15(21-16)17(24)14-5-4-10-20-18(14)19/h3-7,10,13H,8-9,11-12H2,1-2H3,(H2,19,20). The Hall–Kier alpha value is -2.47. The average molecular weight is 325 g/mol. The van der Waals surface area contributed by atoms with Gasteiger partial charge in [0.05, 0.1) is 5.56 Å². The lowest BCUT2D eigenvalue weighted by Gasteiger charge is -2.35. The minimum atomic E-state index is -0.189. The molecule has 1 aliphatic rings. The predicted octanol–water partition coefficient (Wildman–Crippen LogP) is 1.82. The molecule has 0 aromatic carbocycles. The number of hydrogen-bond donors (Lipinski definition) is 1. The second-order valence-corrected chi connectivity index (χ2v) is 6.33. The number of hydrogen-bond acceptors (Lipinski definition) is 6. The summed E-state index contributed by atoms with van der Waals surface area (Å²) in [7, 11) is 4.24. The summed E-state index contributed by atoms with van der Waals surface area (Å²) in [6.07, 6.45) is 3.77. The number of piperidine rings is 1. The summed E-state index contributed by atoms with van der Waals surface area (Å²) in [4.78, 5) is 25.7. The highest BCUT2D eigenvalue weighted by molar-refractivity contribution is 6.10. The monoisotopic (exact) mass is 325 g/mol. The summed E-state index contributed by atoms with van der Waals surface area (Å²) in [6, 6.07) is 9.56. The maximum absolute atomic E-state index is 12.6.